The molecule has 2 heterocycles. The molecule has 1 fully saturated rings. The van der Waals surface area contributed by atoms with Gasteiger partial charge in [-0.25, -0.2) is 0 Å². The van der Waals surface area contributed by atoms with Gasteiger partial charge in [-0.1, -0.05) is 18.2 Å². The van der Waals surface area contributed by atoms with Gasteiger partial charge in [0.1, 0.15) is 36.8 Å². The molecule has 27 heavy (non-hydrogen) atoms. The Hall–Kier alpha value is -1.69. The van der Waals surface area contributed by atoms with Crippen LogP contribution in [0.5, 0.6) is 0 Å². The summed E-state index contributed by atoms with van der Waals surface area (Å²) in [5.41, 5.74) is 3.60. The van der Waals surface area contributed by atoms with E-state index in [0.717, 1.165) is 43.0 Å². The van der Waals surface area contributed by atoms with E-state index in [1.807, 2.05) is 30.3 Å². The molecule has 1 saturated heterocycles. The van der Waals surface area contributed by atoms with Crippen LogP contribution in [-0.2, 0) is 24.1 Å². The third-order valence-corrected chi connectivity index (χ3v) is 6.84. The summed E-state index contributed by atoms with van der Waals surface area (Å²) in [7, 11) is 0. The predicted octanol–water partition coefficient (Wildman–Crippen LogP) is 3.07. The zero-order valence-electron chi connectivity index (χ0n) is 16.2. The summed E-state index contributed by atoms with van der Waals surface area (Å²) < 4.78 is 5.91. The third kappa shape index (κ3) is 4.26. The van der Waals surface area contributed by atoms with Crippen LogP contribution in [0.15, 0.2) is 30.3 Å². The van der Waals surface area contributed by atoms with Crippen molar-refractivity contribution in [2.45, 2.75) is 58.3 Å². The Bertz CT molecular complexity index is 792. The van der Waals surface area contributed by atoms with Crippen LogP contribution in [0.2, 0.25) is 0 Å². The van der Waals surface area contributed by atoms with Crippen molar-refractivity contribution in [3.63, 3.8) is 0 Å². The minimum atomic E-state index is -0.00541. The van der Waals surface area contributed by atoms with Gasteiger partial charge in [-0.2, -0.15) is 0 Å². The zero-order valence-corrected chi connectivity index (χ0v) is 17.0. The number of hydrogen-bond donors (Lipinski definition) is 2. The fourth-order valence-electron chi connectivity index (χ4n) is 4.47. The molecule has 2 aliphatic rings. The minimum Gasteiger partial charge on any atom is -0.364 e. The van der Waals surface area contributed by atoms with Crippen LogP contribution in [0.4, 0.5) is 5.00 Å². The molecule has 0 bridgehead atoms. The number of anilines is 1. The van der Waals surface area contributed by atoms with Crippen molar-refractivity contribution >= 4 is 22.2 Å². The molecule has 1 aromatic carbocycles. The first-order valence-corrected chi connectivity index (χ1v) is 10.9. The van der Waals surface area contributed by atoms with Gasteiger partial charge in [0.05, 0.1) is 0 Å². The number of fused-ring (bicyclic) bond motifs is 1. The molecule has 2 N–H and O–H groups in total. The second-order valence-electron chi connectivity index (χ2n) is 7.93. The summed E-state index contributed by atoms with van der Waals surface area (Å²) in [5.74, 6) is -0.00541. The highest BCUT2D eigenvalue weighted by Gasteiger charge is 2.30. The Morgan fingerprint density at radius 3 is 2.59 bits per heavy atom. The van der Waals surface area contributed by atoms with Gasteiger partial charge in [-0.05, 0) is 57.2 Å². The SMILES string of the molecule is C[C@@H]1C[NH+](Cc2c(NC(=O)c3ccccc3)sc3c2CCCC3)C[C@H](C)O1. The Morgan fingerprint density at radius 1 is 1.15 bits per heavy atom. The molecule has 1 amide bonds. The van der Waals surface area contributed by atoms with Crippen molar-refractivity contribution in [1.29, 1.82) is 0 Å². The van der Waals surface area contributed by atoms with E-state index in [0.29, 0.717) is 12.2 Å². The highest BCUT2D eigenvalue weighted by Crippen LogP contribution is 2.38. The highest BCUT2D eigenvalue weighted by molar-refractivity contribution is 7.16. The summed E-state index contributed by atoms with van der Waals surface area (Å²) in [6.45, 7) is 7.37. The van der Waals surface area contributed by atoms with Crippen molar-refractivity contribution in [2.24, 2.45) is 0 Å². The number of hydrogen-bond acceptors (Lipinski definition) is 3. The summed E-state index contributed by atoms with van der Waals surface area (Å²) >= 11 is 1.80. The second kappa shape index (κ2) is 8.13. The second-order valence-corrected chi connectivity index (χ2v) is 9.04. The molecule has 1 aliphatic carbocycles. The number of ether oxygens (including phenoxy) is 1. The van der Waals surface area contributed by atoms with Gasteiger partial charge in [0.2, 0.25) is 0 Å². The number of thiophene rings is 1. The van der Waals surface area contributed by atoms with Crippen molar-refractivity contribution in [2.75, 3.05) is 18.4 Å². The quantitative estimate of drug-likeness (QED) is 0.849. The Balaban J connectivity index is 1.59. The van der Waals surface area contributed by atoms with Gasteiger partial charge >= 0.3 is 0 Å². The number of amides is 1. The number of rotatable bonds is 4. The Morgan fingerprint density at radius 2 is 1.85 bits per heavy atom. The number of morpholine rings is 1. The summed E-state index contributed by atoms with van der Waals surface area (Å²) in [6.07, 6.45) is 5.41. The van der Waals surface area contributed by atoms with Gasteiger partial charge in [0.25, 0.3) is 5.91 Å². The Labute approximate surface area is 165 Å². The van der Waals surface area contributed by atoms with Crippen LogP contribution in [0.25, 0.3) is 0 Å². The molecular weight excluding hydrogens is 356 g/mol. The number of carbonyl (C=O) groups is 1. The zero-order chi connectivity index (χ0) is 18.8. The van der Waals surface area contributed by atoms with Crippen molar-refractivity contribution in [3.8, 4) is 0 Å². The molecule has 1 aliphatic heterocycles. The monoisotopic (exact) mass is 385 g/mol. The highest BCUT2D eigenvalue weighted by atomic mass is 32.1. The maximum Gasteiger partial charge on any atom is 0.256 e. The van der Waals surface area contributed by atoms with E-state index >= 15 is 0 Å². The van der Waals surface area contributed by atoms with E-state index in [2.05, 4.69) is 19.2 Å². The number of aryl methyl sites for hydroxylation is 1. The fraction of sp³-hybridized carbons (Fsp3) is 0.500. The number of nitrogens with one attached hydrogen (secondary N) is 2. The van der Waals surface area contributed by atoms with Gasteiger partial charge in [0.15, 0.2) is 0 Å². The lowest BCUT2D eigenvalue weighted by molar-refractivity contribution is -0.928. The first-order chi connectivity index (χ1) is 13.1. The molecule has 0 saturated carbocycles. The van der Waals surface area contributed by atoms with Crippen molar-refractivity contribution in [1.82, 2.24) is 0 Å². The molecule has 4 rings (SSSR count). The van der Waals surface area contributed by atoms with Crippen LogP contribution in [0.1, 0.15) is 53.1 Å². The average molecular weight is 386 g/mol. The van der Waals surface area contributed by atoms with Gasteiger partial charge in [-0.15, -0.1) is 11.3 Å². The van der Waals surface area contributed by atoms with E-state index in [1.54, 1.807) is 16.2 Å². The first-order valence-electron chi connectivity index (χ1n) is 10.1. The molecule has 2 aromatic rings. The van der Waals surface area contributed by atoms with Crippen LogP contribution < -0.4 is 10.2 Å². The van der Waals surface area contributed by atoms with Crippen LogP contribution in [0.3, 0.4) is 0 Å². The lowest BCUT2D eigenvalue weighted by Gasteiger charge is -2.32. The lowest BCUT2D eigenvalue weighted by atomic mass is 9.95. The molecule has 0 spiro atoms. The fourth-order valence-corrected chi connectivity index (χ4v) is 5.77. The topological polar surface area (TPSA) is 42.8 Å². The molecule has 4 nitrogen and oxygen atoms in total. The van der Waals surface area contributed by atoms with E-state index < -0.39 is 0 Å². The predicted molar refractivity (Wildman–Crippen MR) is 110 cm³/mol. The maximum atomic E-state index is 12.7. The standard InChI is InChI=1S/C22H28N2O2S/c1-15-12-24(13-16(2)26-15)14-19-18-10-6-7-11-20(18)27-22(19)23-21(25)17-8-4-3-5-9-17/h3-5,8-9,15-16H,6-7,10-14H2,1-2H3,(H,23,25)/p+1/t15-,16+. The molecule has 3 atom stereocenters. The summed E-state index contributed by atoms with van der Waals surface area (Å²) in [5, 5.41) is 4.30. The molecule has 1 unspecified atom stereocenters. The van der Waals surface area contributed by atoms with Gasteiger partial charge in [0, 0.05) is 16.0 Å². The van der Waals surface area contributed by atoms with E-state index in [9.17, 15) is 4.79 Å². The van der Waals surface area contributed by atoms with Crippen LogP contribution >= 0.6 is 11.3 Å². The maximum absolute atomic E-state index is 12.7. The van der Waals surface area contributed by atoms with Crippen LogP contribution in [0, 0.1) is 0 Å². The van der Waals surface area contributed by atoms with Crippen molar-refractivity contribution < 1.29 is 14.4 Å². The average Bonchev–Trinajstić information content (AvgIpc) is 2.99. The van der Waals surface area contributed by atoms with Gasteiger partial charge in [-0.3, -0.25) is 4.79 Å². The first kappa shape index (κ1) is 18.7. The van der Waals surface area contributed by atoms with E-state index in [-0.39, 0.29) is 5.91 Å². The lowest BCUT2D eigenvalue weighted by Crippen LogP contribution is -3.14. The number of carbonyl (C=O) groups excluding carboxylic acids is 1. The number of benzene rings is 1. The van der Waals surface area contributed by atoms with Gasteiger partial charge < -0.3 is 15.0 Å². The summed E-state index contributed by atoms with van der Waals surface area (Å²) in [4.78, 5) is 15.8. The molecule has 1 aromatic heterocycles. The van der Waals surface area contributed by atoms with E-state index in [4.69, 9.17) is 4.74 Å². The van der Waals surface area contributed by atoms with Crippen molar-refractivity contribution in [3.05, 3.63) is 51.9 Å². The minimum absolute atomic E-state index is 0.00541. The molecule has 144 valence electrons. The molecule has 0 radical (unpaired) electrons. The smallest absolute Gasteiger partial charge is 0.256 e. The largest absolute Gasteiger partial charge is 0.364 e. The third-order valence-electron chi connectivity index (χ3n) is 5.59. The molecule has 5 heteroatoms. The Kier molecular flexibility index (Phi) is 5.62. The number of quaternary nitrogens is 1. The summed E-state index contributed by atoms with van der Waals surface area (Å²) in [6, 6.07) is 9.51. The normalized spacial score (nSPS) is 25.0. The van der Waals surface area contributed by atoms with E-state index in [1.165, 1.54) is 28.8 Å². The van der Waals surface area contributed by atoms with Crippen LogP contribution in [-0.4, -0.2) is 31.2 Å². The molecular formula is C22H29N2O2S+.